The van der Waals surface area contributed by atoms with Crippen LogP contribution in [0.4, 0.5) is 0 Å². The fraction of sp³-hybridized carbons (Fsp3) is 0.235. The fourth-order valence-corrected chi connectivity index (χ4v) is 4.79. The van der Waals surface area contributed by atoms with Crippen molar-refractivity contribution in [3.8, 4) is 0 Å². The zero-order valence-corrected chi connectivity index (χ0v) is 15.0. The van der Waals surface area contributed by atoms with Gasteiger partial charge in [-0.05, 0) is 36.8 Å². The zero-order chi connectivity index (χ0) is 17.3. The lowest BCUT2D eigenvalue weighted by Gasteiger charge is -2.17. The third-order valence-corrected chi connectivity index (χ3v) is 7.04. The first-order valence-corrected chi connectivity index (χ1v) is 9.73. The van der Waals surface area contributed by atoms with E-state index in [0.717, 1.165) is 0 Å². The Balaban J connectivity index is 1.78. The van der Waals surface area contributed by atoms with Crippen molar-refractivity contribution in [2.24, 2.45) is 0 Å². The predicted octanol–water partition coefficient (Wildman–Crippen LogP) is 3.68. The van der Waals surface area contributed by atoms with Crippen molar-refractivity contribution in [1.29, 1.82) is 0 Å². The van der Waals surface area contributed by atoms with Gasteiger partial charge < -0.3 is 4.90 Å². The van der Waals surface area contributed by atoms with Crippen molar-refractivity contribution in [2.45, 2.75) is 16.6 Å². The smallest absolute Gasteiger partial charge is 0.253 e. The number of hydrogen-bond donors (Lipinski definition) is 0. The summed E-state index contributed by atoms with van der Waals surface area (Å²) in [4.78, 5) is 14.4. The summed E-state index contributed by atoms with van der Waals surface area (Å²) in [6.45, 7) is 0.576. The number of carbonyl (C=O) groups is 1. The highest BCUT2D eigenvalue weighted by atomic mass is 35.5. The summed E-state index contributed by atoms with van der Waals surface area (Å²) in [6.07, 6.45) is 0.421. The average molecular weight is 384 g/mol. The minimum atomic E-state index is -3.44. The van der Waals surface area contributed by atoms with E-state index < -0.39 is 15.1 Å². The van der Waals surface area contributed by atoms with E-state index in [1.54, 1.807) is 47.4 Å². The normalized spacial score (nSPS) is 17.9. The number of benzene rings is 2. The molecular weight excluding hydrogens is 369 g/mol. The van der Waals surface area contributed by atoms with Gasteiger partial charge in [-0.25, -0.2) is 8.42 Å². The molecule has 2 aromatic rings. The molecule has 1 heterocycles. The first-order valence-electron chi connectivity index (χ1n) is 7.43. The molecule has 1 amide bonds. The van der Waals surface area contributed by atoms with E-state index in [1.165, 1.54) is 6.07 Å². The van der Waals surface area contributed by atoms with E-state index in [0.29, 0.717) is 33.5 Å². The first-order chi connectivity index (χ1) is 11.4. The monoisotopic (exact) mass is 383 g/mol. The van der Waals surface area contributed by atoms with E-state index in [2.05, 4.69) is 0 Å². The second kappa shape index (κ2) is 6.75. The third kappa shape index (κ3) is 3.29. The van der Waals surface area contributed by atoms with E-state index in [1.807, 2.05) is 0 Å². The number of nitrogens with zero attached hydrogens (tertiary/aromatic N) is 1. The zero-order valence-electron chi connectivity index (χ0n) is 12.7. The van der Waals surface area contributed by atoms with Crippen LogP contribution in [-0.2, 0) is 9.84 Å². The van der Waals surface area contributed by atoms with Crippen molar-refractivity contribution in [3.63, 3.8) is 0 Å². The molecule has 0 aliphatic carbocycles. The van der Waals surface area contributed by atoms with Crippen LogP contribution in [-0.4, -0.2) is 37.6 Å². The number of sulfone groups is 1. The van der Waals surface area contributed by atoms with Crippen molar-refractivity contribution < 1.29 is 13.2 Å². The molecule has 0 radical (unpaired) electrons. The van der Waals surface area contributed by atoms with Gasteiger partial charge in [-0.3, -0.25) is 4.79 Å². The Labute approximate surface area is 150 Å². The Morgan fingerprint density at radius 2 is 1.75 bits per heavy atom. The molecule has 4 nitrogen and oxygen atoms in total. The number of carbonyl (C=O) groups excluding carboxylic acids is 1. The predicted molar refractivity (Wildman–Crippen MR) is 94.4 cm³/mol. The summed E-state index contributed by atoms with van der Waals surface area (Å²) in [5.74, 6) is -0.237. The summed E-state index contributed by atoms with van der Waals surface area (Å²) in [6, 6.07) is 13.0. The topological polar surface area (TPSA) is 54.5 Å². The fourth-order valence-electron chi connectivity index (χ4n) is 2.78. The standard InChI is InChI=1S/C17H15Cl2NO3S/c18-15-7-6-12(10-16(15)19)17(21)20-9-8-14(11-20)24(22,23)13-4-2-1-3-5-13/h1-7,10,14H,8-9,11H2. The van der Waals surface area contributed by atoms with Crippen LogP contribution in [0.25, 0.3) is 0 Å². The molecule has 1 unspecified atom stereocenters. The Kier molecular flexibility index (Phi) is 4.85. The van der Waals surface area contributed by atoms with Gasteiger partial charge in [0.25, 0.3) is 5.91 Å². The van der Waals surface area contributed by atoms with Gasteiger partial charge in [-0.2, -0.15) is 0 Å². The summed E-state index contributed by atoms with van der Waals surface area (Å²) in [7, 11) is -3.44. The molecule has 1 saturated heterocycles. The molecule has 0 aromatic heterocycles. The maximum absolute atomic E-state index is 12.7. The number of halogens is 2. The van der Waals surface area contributed by atoms with Gasteiger partial charge in [0.2, 0.25) is 0 Å². The van der Waals surface area contributed by atoms with Crippen LogP contribution < -0.4 is 0 Å². The molecule has 126 valence electrons. The molecule has 7 heteroatoms. The van der Waals surface area contributed by atoms with Crippen molar-refractivity contribution >= 4 is 38.9 Å². The lowest BCUT2D eigenvalue weighted by Crippen LogP contribution is -2.31. The van der Waals surface area contributed by atoms with Crippen molar-refractivity contribution in [3.05, 3.63) is 64.1 Å². The van der Waals surface area contributed by atoms with Gasteiger partial charge >= 0.3 is 0 Å². The molecule has 1 atom stereocenters. The number of likely N-dealkylation sites (tertiary alicyclic amines) is 1. The number of amides is 1. The van der Waals surface area contributed by atoms with Crippen LogP contribution in [0, 0.1) is 0 Å². The lowest BCUT2D eigenvalue weighted by atomic mass is 10.2. The van der Waals surface area contributed by atoms with Crippen molar-refractivity contribution in [2.75, 3.05) is 13.1 Å². The van der Waals surface area contributed by atoms with Gasteiger partial charge in [0.15, 0.2) is 9.84 Å². The van der Waals surface area contributed by atoms with Crippen LogP contribution in [0.2, 0.25) is 10.0 Å². The molecular formula is C17H15Cl2NO3S. The summed E-state index contributed by atoms with van der Waals surface area (Å²) in [5, 5.41) is 0.0842. The van der Waals surface area contributed by atoms with E-state index >= 15 is 0 Å². The summed E-state index contributed by atoms with van der Waals surface area (Å²) >= 11 is 11.8. The first kappa shape index (κ1) is 17.3. The minimum absolute atomic E-state index is 0.177. The molecule has 0 spiro atoms. The molecule has 3 rings (SSSR count). The average Bonchev–Trinajstić information content (AvgIpc) is 3.08. The Morgan fingerprint density at radius 1 is 1.04 bits per heavy atom. The quantitative estimate of drug-likeness (QED) is 0.811. The van der Waals surface area contributed by atoms with Crippen LogP contribution in [0.5, 0.6) is 0 Å². The maximum atomic E-state index is 12.7. The second-order valence-corrected chi connectivity index (χ2v) is 8.69. The highest BCUT2D eigenvalue weighted by Gasteiger charge is 2.36. The summed E-state index contributed by atoms with van der Waals surface area (Å²) < 4.78 is 25.3. The molecule has 24 heavy (non-hydrogen) atoms. The van der Waals surface area contributed by atoms with Gasteiger partial charge in [0.1, 0.15) is 0 Å². The molecule has 1 aliphatic heterocycles. The van der Waals surface area contributed by atoms with Crippen LogP contribution in [0.1, 0.15) is 16.8 Å². The largest absolute Gasteiger partial charge is 0.337 e. The van der Waals surface area contributed by atoms with Crippen LogP contribution in [0.3, 0.4) is 0 Å². The third-order valence-electron chi connectivity index (χ3n) is 4.11. The highest BCUT2D eigenvalue weighted by molar-refractivity contribution is 7.92. The lowest BCUT2D eigenvalue weighted by molar-refractivity contribution is 0.0793. The maximum Gasteiger partial charge on any atom is 0.253 e. The van der Waals surface area contributed by atoms with Gasteiger partial charge in [0.05, 0.1) is 20.2 Å². The number of hydrogen-bond acceptors (Lipinski definition) is 3. The molecule has 2 aromatic carbocycles. The Morgan fingerprint density at radius 3 is 2.42 bits per heavy atom. The Bertz CT molecular complexity index is 869. The molecule has 0 saturated carbocycles. The Hall–Kier alpha value is -1.56. The van der Waals surface area contributed by atoms with Gasteiger partial charge in [-0.15, -0.1) is 0 Å². The second-order valence-electron chi connectivity index (χ2n) is 5.65. The highest BCUT2D eigenvalue weighted by Crippen LogP contribution is 2.27. The van der Waals surface area contributed by atoms with Gasteiger partial charge in [-0.1, -0.05) is 41.4 Å². The molecule has 1 fully saturated rings. The minimum Gasteiger partial charge on any atom is -0.337 e. The summed E-state index contributed by atoms with van der Waals surface area (Å²) in [5.41, 5.74) is 0.405. The van der Waals surface area contributed by atoms with E-state index in [-0.39, 0.29) is 12.5 Å². The van der Waals surface area contributed by atoms with Crippen LogP contribution >= 0.6 is 23.2 Å². The van der Waals surface area contributed by atoms with E-state index in [4.69, 9.17) is 23.2 Å². The number of rotatable bonds is 3. The van der Waals surface area contributed by atoms with Crippen molar-refractivity contribution in [1.82, 2.24) is 4.90 Å². The molecule has 1 aliphatic rings. The van der Waals surface area contributed by atoms with E-state index in [9.17, 15) is 13.2 Å². The molecule has 0 bridgehead atoms. The SMILES string of the molecule is O=C(c1ccc(Cl)c(Cl)c1)N1CCC(S(=O)(=O)c2ccccc2)C1. The van der Waals surface area contributed by atoms with Crippen LogP contribution in [0.15, 0.2) is 53.4 Å². The molecule has 0 N–H and O–H groups in total. The van der Waals surface area contributed by atoms with Gasteiger partial charge in [0, 0.05) is 18.7 Å².